The van der Waals surface area contributed by atoms with E-state index < -0.39 is 10.0 Å². The van der Waals surface area contributed by atoms with E-state index in [2.05, 4.69) is 10.6 Å². The molecule has 28 heavy (non-hydrogen) atoms. The first kappa shape index (κ1) is 23.1. The lowest BCUT2D eigenvalue weighted by Crippen LogP contribution is -2.46. The molecule has 1 unspecified atom stereocenters. The largest absolute Gasteiger partial charge is 0.352 e. The monoisotopic (exact) mass is 429 g/mol. The van der Waals surface area contributed by atoms with Crippen LogP contribution in [0.4, 0.5) is 0 Å². The van der Waals surface area contributed by atoms with Crippen molar-refractivity contribution in [3.63, 3.8) is 0 Å². The van der Waals surface area contributed by atoms with E-state index in [0.717, 1.165) is 41.8 Å². The van der Waals surface area contributed by atoms with Gasteiger partial charge in [-0.15, -0.1) is 12.4 Å². The van der Waals surface area contributed by atoms with E-state index in [1.807, 2.05) is 33.8 Å². The summed E-state index contributed by atoms with van der Waals surface area (Å²) in [5, 5.41) is 6.34. The second kappa shape index (κ2) is 9.11. The van der Waals surface area contributed by atoms with Crippen LogP contribution < -0.4 is 10.6 Å². The predicted octanol–water partition coefficient (Wildman–Crippen LogP) is 2.22. The zero-order valence-electron chi connectivity index (χ0n) is 17.2. The van der Waals surface area contributed by atoms with E-state index in [4.69, 9.17) is 0 Å². The minimum atomic E-state index is -3.55. The Balaban J connectivity index is 0.00000280. The molecular formula is C20H32ClN3O3S. The third-order valence-electron chi connectivity index (χ3n) is 6.13. The number of halogens is 1. The van der Waals surface area contributed by atoms with E-state index in [1.165, 1.54) is 0 Å². The highest BCUT2D eigenvalue weighted by Crippen LogP contribution is 2.31. The number of nitrogens with one attached hydrogen (secondary N) is 2. The van der Waals surface area contributed by atoms with Crippen molar-refractivity contribution in [3.8, 4) is 0 Å². The van der Waals surface area contributed by atoms with Gasteiger partial charge in [-0.2, -0.15) is 4.31 Å². The van der Waals surface area contributed by atoms with Crippen LogP contribution in [0.5, 0.6) is 0 Å². The van der Waals surface area contributed by atoms with Gasteiger partial charge in [0.1, 0.15) is 0 Å². The molecule has 0 spiro atoms. The van der Waals surface area contributed by atoms with E-state index in [0.29, 0.717) is 30.8 Å². The average molecular weight is 430 g/mol. The van der Waals surface area contributed by atoms with Gasteiger partial charge in [-0.3, -0.25) is 4.79 Å². The van der Waals surface area contributed by atoms with Gasteiger partial charge in [0.15, 0.2) is 0 Å². The first-order valence-electron chi connectivity index (χ1n) is 9.80. The van der Waals surface area contributed by atoms with Crippen LogP contribution in [0.25, 0.3) is 0 Å². The van der Waals surface area contributed by atoms with Crippen LogP contribution in [-0.4, -0.2) is 50.9 Å². The summed E-state index contributed by atoms with van der Waals surface area (Å²) < 4.78 is 28.2. The fraction of sp³-hybridized carbons (Fsp3) is 0.650. The smallest absolute Gasteiger partial charge is 0.243 e. The highest BCUT2D eigenvalue weighted by atomic mass is 35.5. The number of rotatable bonds is 4. The fourth-order valence-corrected chi connectivity index (χ4v) is 6.20. The van der Waals surface area contributed by atoms with Crippen LogP contribution in [0.2, 0.25) is 0 Å². The Morgan fingerprint density at radius 2 is 1.64 bits per heavy atom. The van der Waals surface area contributed by atoms with Gasteiger partial charge in [-0.1, -0.05) is 6.07 Å². The van der Waals surface area contributed by atoms with Crippen LogP contribution in [0.15, 0.2) is 11.0 Å². The van der Waals surface area contributed by atoms with E-state index in [1.54, 1.807) is 4.31 Å². The van der Waals surface area contributed by atoms with Gasteiger partial charge >= 0.3 is 0 Å². The first-order valence-corrected chi connectivity index (χ1v) is 11.2. The second-order valence-corrected chi connectivity index (χ2v) is 9.84. The van der Waals surface area contributed by atoms with Gasteiger partial charge in [0.25, 0.3) is 0 Å². The molecule has 2 heterocycles. The molecule has 2 N–H and O–H groups in total. The molecular weight excluding hydrogens is 398 g/mol. The molecule has 8 heteroatoms. The maximum Gasteiger partial charge on any atom is 0.243 e. The van der Waals surface area contributed by atoms with E-state index in [9.17, 15) is 13.2 Å². The van der Waals surface area contributed by atoms with Crippen molar-refractivity contribution >= 4 is 28.3 Å². The summed E-state index contributed by atoms with van der Waals surface area (Å²) in [5.74, 6) is -0.0296. The van der Waals surface area contributed by atoms with Crippen LogP contribution in [0.1, 0.15) is 41.5 Å². The first-order chi connectivity index (χ1) is 12.7. The number of piperidine rings is 1. The van der Waals surface area contributed by atoms with Crippen molar-refractivity contribution in [2.24, 2.45) is 5.92 Å². The number of sulfonamides is 1. The number of hydrogen-bond acceptors (Lipinski definition) is 4. The van der Waals surface area contributed by atoms with Gasteiger partial charge in [0, 0.05) is 31.6 Å². The highest BCUT2D eigenvalue weighted by molar-refractivity contribution is 7.89. The average Bonchev–Trinajstić information content (AvgIpc) is 3.13. The van der Waals surface area contributed by atoms with E-state index in [-0.39, 0.29) is 30.3 Å². The lowest BCUT2D eigenvalue weighted by molar-refractivity contribution is -0.126. The molecule has 2 aliphatic heterocycles. The molecule has 0 aliphatic carbocycles. The lowest BCUT2D eigenvalue weighted by Gasteiger charge is -2.32. The number of hydrogen-bond donors (Lipinski definition) is 2. The number of carbonyl (C=O) groups excluding carboxylic acids is 1. The molecule has 2 fully saturated rings. The molecule has 0 bridgehead atoms. The maximum atomic E-state index is 13.3. The van der Waals surface area contributed by atoms with Gasteiger partial charge in [0.05, 0.1) is 4.90 Å². The second-order valence-electron chi connectivity index (χ2n) is 7.97. The normalized spacial score (nSPS) is 21.4. The van der Waals surface area contributed by atoms with Gasteiger partial charge in [0.2, 0.25) is 15.9 Å². The van der Waals surface area contributed by atoms with Crippen molar-refractivity contribution in [3.05, 3.63) is 28.3 Å². The molecule has 158 valence electrons. The number of benzene rings is 1. The quantitative estimate of drug-likeness (QED) is 0.769. The van der Waals surface area contributed by atoms with Crippen LogP contribution in [0.3, 0.4) is 0 Å². The maximum absolute atomic E-state index is 13.3. The van der Waals surface area contributed by atoms with Crippen molar-refractivity contribution in [1.29, 1.82) is 0 Å². The summed E-state index contributed by atoms with van der Waals surface area (Å²) in [5.41, 5.74) is 3.64. The van der Waals surface area contributed by atoms with Crippen LogP contribution in [-0.2, 0) is 14.8 Å². The van der Waals surface area contributed by atoms with Crippen molar-refractivity contribution < 1.29 is 13.2 Å². The minimum Gasteiger partial charge on any atom is -0.352 e. The molecule has 1 aromatic carbocycles. The zero-order valence-corrected chi connectivity index (χ0v) is 18.8. The third kappa shape index (κ3) is 4.53. The lowest BCUT2D eigenvalue weighted by atomic mass is 9.97. The molecule has 6 nitrogen and oxygen atoms in total. The Kier molecular flexibility index (Phi) is 7.53. The number of amides is 1. The van der Waals surface area contributed by atoms with Gasteiger partial charge < -0.3 is 10.6 Å². The molecule has 1 aromatic rings. The summed E-state index contributed by atoms with van der Waals surface area (Å²) in [7, 11) is -3.55. The fourth-order valence-electron chi connectivity index (χ4n) is 4.15. The summed E-state index contributed by atoms with van der Waals surface area (Å²) in [6, 6.07) is 2.25. The Hall–Kier alpha value is -1.15. The molecule has 2 saturated heterocycles. The Morgan fingerprint density at radius 1 is 1.07 bits per heavy atom. The van der Waals surface area contributed by atoms with Gasteiger partial charge in [-0.25, -0.2) is 8.42 Å². The molecule has 0 aromatic heterocycles. The third-order valence-corrected chi connectivity index (χ3v) is 8.30. The van der Waals surface area contributed by atoms with Crippen LogP contribution in [0, 0.1) is 33.6 Å². The number of aryl methyl sites for hydroxylation is 2. The van der Waals surface area contributed by atoms with Crippen molar-refractivity contribution in [2.75, 3.05) is 26.2 Å². The summed E-state index contributed by atoms with van der Waals surface area (Å²) in [4.78, 5) is 12.9. The van der Waals surface area contributed by atoms with Gasteiger partial charge in [-0.05, 0) is 75.8 Å². The summed E-state index contributed by atoms with van der Waals surface area (Å²) >= 11 is 0. The molecule has 1 amide bonds. The molecule has 3 rings (SSSR count). The van der Waals surface area contributed by atoms with E-state index >= 15 is 0 Å². The number of nitrogens with zero attached hydrogens (tertiary/aromatic N) is 1. The summed E-state index contributed by atoms with van der Waals surface area (Å²) in [6.45, 7) is 10.2. The SMILES string of the molecule is Cc1cc(C)c(C)c(S(=O)(=O)N2CCC(C(=O)NC3CCNC3)CC2)c1C.Cl. The predicted molar refractivity (Wildman–Crippen MR) is 114 cm³/mol. The Bertz CT molecular complexity index is 801. The molecule has 2 aliphatic rings. The molecule has 0 radical (unpaired) electrons. The topological polar surface area (TPSA) is 78.5 Å². The van der Waals surface area contributed by atoms with Crippen molar-refractivity contribution in [1.82, 2.24) is 14.9 Å². The highest BCUT2D eigenvalue weighted by Gasteiger charge is 2.34. The number of carbonyl (C=O) groups is 1. The zero-order chi connectivity index (χ0) is 19.8. The standard InChI is InChI=1S/C20H31N3O3S.ClH/c1-13-11-14(2)16(4)19(15(13)3)27(25,26)23-9-6-17(7-10-23)20(24)22-18-5-8-21-12-18;/h11,17-18,21H,5-10,12H2,1-4H3,(H,22,24);1H. The Labute approximate surface area is 174 Å². The van der Waals surface area contributed by atoms with Crippen molar-refractivity contribution in [2.45, 2.75) is 57.9 Å². The summed E-state index contributed by atoms with van der Waals surface area (Å²) in [6.07, 6.45) is 2.12. The molecule has 0 saturated carbocycles. The van der Waals surface area contributed by atoms with Crippen LogP contribution >= 0.6 is 12.4 Å². The molecule has 1 atom stereocenters. The minimum absolute atomic E-state index is 0. The Morgan fingerprint density at radius 3 is 2.14 bits per heavy atom.